The van der Waals surface area contributed by atoms with Crippen LogP contribution in [0, 0.1) is 11.6 Å². The quantitative estimate of drug-likeness (QED) is 0.817. The topological polar surface area (TPSA) is 38.3 Å². The van der Waals surface area contributed by atoms with Crippen molar-refractivity contribution in [2.24, 2.45) is 0 Å². The molecule has 3 nitrogen and oxygen atoms in total. The number of benzene rings is 1. The number of amides is 1. The lowest BCUT2D eigenvalue weighted by atomic mass is 9.98. The summed E-state index contributed by atoms with van der Waals surface area (Å²) in [5.74, 6) is -2.40. The molecule has 1 saturated carbocycles. The smallest absolute Gasteiger partial charge is 0.257 e. The standard InChI is InChI=1S/C16H21F2NO2/c17-13-8-4-9-14(18)15(13)16(20)19-10-5-11-21-12-6-2-1-3-7-12/h4,8-9,12H,1-3,5-7,10-11H2,(H,19,20). The predicted molar refractivity (Wildman–Crippen MR) is 76.1 cm³/mol. The zero-order chi connectivity index (χ0) is 15.1. The van der Waals surface area contributed by atoms with Crippen molar-refractivity contribution in [2.45, 2.75) is 44.6 Å². The van der Waals surface area contributed by atoms with E-state index in [2.05, 4.69) is 5.32 Å². The molecular weight excluding hydrogens is 276 g/mol. The van der Waals surface area contributed by atoms with Crippen LogP contribution in [0.25, 0.3) is 0 Å². The van der Waals surface area contributed by atoms with E-state index in [1.165, 1.54) is 25.3 Å². The Balaban J connectivity index is 1.67. The van der Waals surface area contributed by atoms with Gasteiger partial charge in [-0.05, 0) is 31.4 Å². The van der Waals surface area contributed by atoms with E-state index in [4.69, 9.17) is 4.74 Å². The van der Waals surface area contributed by atoms with Crippen LogP contribution >= 0.6 is 0 Å². The lowest BCUT2D eigenvalue weighted by Gasteiger charge is -2.21. The van der Waals surface area contributed by atoms with Gasteiger partial charge in [-0.1, -0.05) is 25.3 Å². The van der Waals surface area contributed by atoms with Gasteiger partial charge in [0.1, 0.15) is 17.2 Å². The summed E-state index contributed by atoms with van der Waals surface area (Å²) >= 11 is 0. The first-order valence-electron chi connectivity index (χ1n) is 7.52. The van der Waals surface area contributed by atoms with Crippen LogP contribution in [0.3, 0.4) is 0 Å². The summed E-state index contributed by atoms with van der Waals surface area (Å²) in [6.07, 6.45) is 6.89. The van der Waals surface area contributed by atoms with Crippen LogP contribution < -0.4 is 5.32 Å². The maximum absolute atomic E-state index is 13.4. The highest BCUT2D eigenvalue weighted by Gasteiger charge is 2.16. The first-order chi connectivity index (χ1) is 10.2. The third-order valence-electron chi connectivity index (χ3n) is 3.70. The van der Waals surface area contributed by atoms with Crippen LogP contribution in [-0.4, -0.2) is 25.2 Å². The summed E-state index contributed by atoms with van der Waals surface area (Å²) in [6, 6.07) is 3.38. The van der Waals surface area contributed by atoms with Crippen LogP contribution in [0.4, 0.5) is 8.78 Å². The lowest BCUT2D eigenvalue weighted by Crippen LogP contribution is -2.27. The normalized spacial score (nSPS) is 15.9. The van der Waals surface area contributed by atoms with Crippen LogP contribution in [-0.2, 0) is 4.74 Å². The molecule has 0 heterocycles. The Bertz CT molecular complexity index is 453. The summed E-state index contributed by atoms with van der Waals surface area (Å²) in [7, 11) is 0. The fraction of sp³-hybridized carbons (Fsp3) is 0.562. The molecule has 0 atom stereocenters. The van der Waals surface area contributed by atoms with E-state index in [1.54, 1.807) is 0 Å². The van der Waals surface area contributed by atoms with E-state index in [0.717, 1.165) is 25.0 Å². The summed E-state index contributed by atoms with van der Waals surface area (Å²) in [4.78, 5) is 11.7. The molecule has 0 unspecified atom stereocenters. The molecule has 0 aliphatic heterocycles. The van der Waals surface area contributed by atoms with Crippen molar-refractivity contribution in [3.05, 3.63) is 35.4 Å². The minimum Gasteiger partial charge on any atom is -0.378 e. The van der Waals surface area contributed by atoms with Gasteiger partial charge in [0.25, 0.3) is 5.91 Å². The number of nitrogens with one attached hydrogen (secondary N) is 1. The van der Waals surface area contributed by atoms with Gasteiger partial charge >= 0.3 is 0 Å². The Hall–Kier alpha value is -1.49. The Labute approximate surface area is 123 Å². The van der Waals surface area contributed by atoms with Gasteiger partial charge < -0.3 is 10.1 Å². The van der Waals surface area contributed by atoms with Crippen molar-refractivity contribution in [2.75, 3.05) is 13.2 Å². The Morgan fingerprint density at radius 2 is 1.86 bits per heavy atom. The van der Waals surface area contributed by atoms with Gasteiger partial charge in [-0.3, -0.25) is 4.79 Å². The van der Waals surface area contributed by atoms with E-state index in [-0.39, 0.29) is 0 Å². The highest BCUT2D eigenvalue weighted by Crippen LogP contribution is 2.20. The third kappa shape index (κ3) is 4.77. The van der Waals surface area contributed by atoms with Crippen molar-refractivity contribution in [1.82, 2.24) is 5.32 Å². The fourth-order valence-corrected chi connectivity index (χ4v) is 2.56. The van der Waals surface area contributed by atoms with E-state index in [1.807, 2.05) is 0 Å². The van der Waals surface area contributed by atoms with Crippen molar-refractivity contribution in [3.8, 4) is 0 Å². The molecule has 1 fully saturated rings. The summed E-state index contributed by atoms with van der Waals surface area (Å²) in [5.41, 5.74) is -0.523. The van der Waals surface area contributed by atoms with Crippen LogP contribution in [0.1, 0.15) is 48.9 Å². The first kappa shape index (κ1) is 15.9. The second-order valence-electron chi connectivity index (χ2n) is 5.34. The van der Waals surface area contributed by atoms with E-state index in [0.29, 0.717) is 25.7 Å². The van der Waals surface area contributed by atoms with Crippen LogP contribution in [0.2, 0.25) is 0 Å². The molecule has 0 radical (unpaired) electrons. The zero-order valence-electron chi connectivity index (χ0n) is 12.0. The minimum absolute atomic E-state index is 0.332. The molecule has 2 rings (SSSR count). The number of hydrogen-bond donors (Lipinski definition) is 1. The molecule has 1 aliphatic carbocycles. The first-order valence-corrected chi connectivity index (χ1v) is 7.52. The number of rotatable bonds is 6. The Kier molecular flexibility index (Phi) is 6.11. The molecular formula is C16H21F2NO2. The second-order valence-corrected chi connectivity index (χ2v) is 5.34. The van der Waals surface area contributed by atoms with Crippen LogP contribution in [0.15, 0.2) is 18.2 Å². The maximum Gasteiger partial charge on any atom is 0.257 e. The van der Waals surface area contributed by atoms with Gasteiger partial charge in [0.15, 0.2) is 0 Å². The molecule has 0 bridgehead atoms. The average molecular weight is 297 g/mol. The van der Waals surface area contributed by atoms with E-state index < -0.39 is 23.1 Å². The molecule has 0 aromatic heterocycles. The summed E-state index contributed by atoms with van der Waals surface area (Å²) in [5, 5.41) is 2.52. The van der Waals surface area contributed by atoms with E-state index in [9.17, 15) is 13.6 Å². The molecule has 1 amide bonds. The Morgan fingerprint density at radius 1 is 1.19 bits per heavy atom. The maximum atomic E-state index is 13.4. The van der Waals surface area contributed by atoms with Gasteiger partial charge in [-0.2, -0.15) is 0 Å². The number of ether oxygens (including phenoxy) is 1. The van der Waals surface area contributed by atoms with Crippen molar-refractivity contribution in [3.63, 3.8) is 0 Å². The second kappa shape index (κ2) is 8.08. The van der Waals surface area contributed by atoms with Crippen molar-refractivity contribution < 1.29 is 18.3 Å². The van der Waals surface area contributed by atoms with Crippen molar-refractivity contribution >= 4 is 5.91 Å². The number of hydrogen-bond acceptors (Lipinski definition) is 2. The zero-order valence-corrected chi connectivity index (χ0v) is 12.0. The molecule has 1 N–H and O–H groups in total. The van der Waals surface area contributed by atoms with Gasteiger partial charge in [-0.25, -0.2) is 8.78 Å². The van der Waals surface area contributed by atoms with Gasteiger partial charge in [-0.15, -0.1) is 0 Å². The highest BCUT2D eigenvalue weighted by molar-refractivity contribution is 5.94. The Morgan fingerprint density at radius 3 is 2.52 bits per heavy atom. The fourth-order valence-electron chi connectivity index (χ4n) is 2.56. The molecule has 0 spiro atoms. The molecule has 0 saturated heterocycles. The SMILES string of the molecule is O=C(NCCCOC1CCCCC1)c1c(F)cccc1F. The van der Waals surface area contributed by atoms with Gasteiger partial charge in [0, 0.05) is 13.2 Å². The molecule has 1 aromatic carbocycles. The molecule has 5 heteroatoms. The van der Waals surface area contributed by atoms with Gasteiger partial charge in [0.05, 0.1) is 6.10 Å². The molecule has 116 valence electrons. The molecule has 21 heavy (non-hydrogen) atoms. The molecule has 1 aromatic rings. The number of carbonyl (C=O) groups excluding carboxylic acids is 1. The number of carbonyl (C=O) groups is 1. The summed E-state index contributed by atoms with van der Waals surface area (Å²) in [6.45, 7) is 0.907. The predicted octanol–water partition coefficient (Wildman–Crippen LogP) is 3.43. The minimum atomic E-state index is -0.842. The van der Waals surface area contributed by atoms with Crippen molar-refractivity contribution in [1.29, 1.82) is 0 Å². The van der Waals surface area contributed by atoms with Gasteiger partial charge in [0.2, 0.25) is 0 Å². The highest BCUT2D eigenvalue weighted by atomic mass is 19.1. The summed E-state index contributed by atoms with van der Waals surface area (Å²) < 4.78 is 32.5. The molecule has 1 aliphatic rings. The van der Waals surface area contributed by atoms with Crippen LogP contribution in [0.5, 0.6) is 0 Å². The monoisotopic (exact) mass is 297 g/mol. The number of halogens is 2. The largest absolute Gasteiger partial charge is 0.378 e. The lowest BCUT2D eigenvalue weighted by molar-refractivity contribution is 0.0273. The average Bonchev–Trinajstić information content (AvgIpc) is 2.48. The van der Waals surface area contributed by atoms with E-state index >= 15 is 0 Å². The third-order valence-corrected chi connectivity index (χ3v) is 3.70.